The summed E-state index contributed by atoms with van der Waals surface area (Å²) >= 11 is 11.9. The molecule has 0 atom stereocenters. The average molecular weight is 376 g/mol. The number of aromatic amines is 1. The second kappa shape index (κ2) is 6.58. The standard InChI is InChI=1S/C18H15Cl2N3O2/c19-14-6-1-10(7-15(14)20)9-25-12-4-5-13-16(8-12)22-23-17(13)21-18(24)11-2-3-11/h1,4-8,11H,2-3,9H2,(H2,21,22,23,24). The van der Waals surface area contributed by atoms with Crippen molar-refractivity contribution in [2.45, 2.75) is 19.4 Å². The highest BCUT2D eigenvalue weighted by Gasteiger charge is 2.30. The SMILES string of the molecule is O=C(Nc1n[nH]c2cc(OCc3ccc(Cl)c(Cl)c3)ccc12)C1CC1. The topological polar surface area (TPSA) is 67.0 Å². The summed E-state index contributed by atoms with van der Waals surface area (Å²) in [6, 6.07) is 11.0. The Bertz CT molecular complexity index is 951. The van der Waals surface area contributed by atoms with E-state index in [9.17, 15) is 4.79 Å². The van der Waals surface area contributed by atoms with Crippen LogP contribution in [-0.2, 0) is 11.4 Å². The molecule has 0 radical (unpaired) electrons. The van der Waals surface area contributed by atoms with Gasteiger partial charge in [0, 0.05) is 17.4 Å². The van der Waals surface area contributed by atoms with Gasteiger partial charge in [-0.1, -0.05) is 29.3 Å². The minimum Gasteiger partial charge on any atom is -0.489 e. The summed E-state index contributed by atoms with van der Waals surface area (Å²) in [5.41, 5.74) is 1.73. The Balaban J connectivity index is 1.47. The number of halogens is 2. The van der Waals surface area contributed by atoms with Crippen molar-refractivity contribution in [1.82, 2.24) is 10.2 Å². The van der Waals surface area contributed by atoms with Crippen molar-refractivity contribution in [3.05, 3.63) is 52.0 Å². The maximum atomic E-state index is 11.9. The van der Waals surface area contributed by atoms with Crippen LogP contribution < -0.4 is 10.1 Å². The van der Waals surface area contributed by atoms with Gasteiger partial charge in [0.1, 0.15) is 12.4 Å². The molecular formula is C18H15Cl2N3O2. The monoisotopic (exact) mass is 375 g/mol. The number of H-pyrrole nitrogens is 1. The van der Waals surface area contributed by atoms with Gasteiger partial charge in [0.05, 0.1) is 15.6 Å². The Hall–Kier alpha value is -2.24. The summed E-state index contributed by atoms with van der Waals surface area (Å²) in [5, 5.41) is 11.9. The zero-order chi connectivity index (χ0) is 17.4. The zero-order valence-corrected chi connectivity index (χ0v) is 14.7. The van der Waals surface area contributed by atoms with Gasteiger partial charge in [-0.25, -0.2) is 0 Å². The Labute approximate surface area is 154 Å². The number of ether oxygens (including phenoxy) is 1. The molecule has 1 aliphatic rings. The lowest BCUT2D eigenvalue weighted by molar-refractivity contribution is -0.117. The van der Waals surface area contributed by atoms with Crippen molar-refractivity contribution in [2.24, 2.45) is 5.92 Å². The van der Waals surface area contributed by atoms with E-state index in [0.29, 0.717) is 28.2 Å². The Morgan fingerprint density at radius 2 is 2.04 bits per heavy atom. The molecule has 0 saturated heterocycles. The molecule has 128 valence electrons. The van der Waals surface area contributed by atoms with Gasteiger partial charge in [-0.2, -0.15) is 5.10 Å². The van der Waals surface area contributed by atoms with Gasteiger partial charge >= 0.3 is 0 Å². The van der Waals surface area contributed by atoms with Gasteiger partial charge in [-0.3, -0.25) is 9.89 Å². The van der Waals surface area contributed by atoms with Crippen LogP contribution in [0.5, 0.6) is 5.75 Å². The zero-order valence-electron chi connectivity index (χ0n) is 13.2. The maximum Gasteiger partial charge on any atom is 0.228 e. The van der Waals surface area contributed by atoms with Crippen LogP contribution in [0.15, 0.2) is 36.4 Å². The van der Waals surface area contributed by atoms with Crippen molar-refractivity contribution >= 4 is 45.8 Å². The third-order valence-electron chi connectivity index (χ3n) is 4.11. The first-order valence-electron chi connectivity index (χ1n) is 7.96. The van der Waals surface area contributed by atoms with Crippen LogP contribution >= 0.6 is 23.2 Å². The van der Waals surface area contributed by atoms with E-state index >= 15 is 0 Å². The Morgan fingerprint density at radius 3 is 2.80 bits per heavy atom. The van der Waals surface area contributed by atoms with E-state index < -0.39 is 0 Å². The van der Waals surface area contributed by atoms with E-state index in [1.807, 2.05) is 24.3 Å². The van der Waals surface area contributed by atoms with E-state index in [1.54, 1.807) is 12.1 Å². The molecule has 2 N–H and O–H groups in total. The maximum absolute atomic E-state index is 11.9. The summed E-state index contributed by atoms with van der Waals surface area (Å²) in [6.07, 6.45) is 1.92. The van der Waals surface area contributed by atoms with Crippen LogP contribution in [0.1, 0.15) is 18.4 Å². The minimum absolute atomic E-state index is 0.0355. The Kier molecular flexibility index (Phi) is 4.27. The molecule has 0 spiro atoms. The molecule has 0 bridgehead atoms. The smallest absolute Gasteiger partial charge is 0.228 e. The summed E-state index contributed by atoms with van der Waals surface area (Å²) in [7, 11) is 0. The van der Waals surface area contributed by atoms with Crippen molar-refractivity contribution < 1.29 is 9.53 Å². The quantitative estimate of drug-likeness (QED) is 0.672. The van der Waals surface area contributed by atoms with Gasteiger partial charge in [0.25, 0.3) is 0 Å². The second-order valence-electron chi connectivity index (χ2n) is 6.08. The van der Waals surface area contributed by atoms with E-state index in [1.165, 1.54) is 0 Å². The minimum atomic E-state index is 0.0355. The number of nitrogens with zero attached hydrogens (tertiary/aromatic N) is 1. The number of carbonyl (C=O) groups is 1. The number of hydrogen-bond donors (Lipinski definition) is 2. The average Bonchev–Trinajstić information content (AvgIpc) is 3.39. The van der Waals surface area contributed by atoms with Gasteiger partial charge in [-0.05, 0) is 42.7 Å². The highest BCUT2D eigenvalue weighted by molar-refractivity contribution is 6.42. The first-order valence-corrected chi connectivity index (χ1v) is 8.71. The lowest BCUT2D eigenvalue weighted by Crippen LogP contribution is -2.13. The van der Waals surface area contributed by atoms with Crippen LogP contribution in [0.4, 0.5) is 5.82 Å². The first-order chi connectivity index (χ1) is 12.1. The normalized spacial score (nSPS) is 13.8. The molecule has 1 aliphatic carbocycles. The van der Waals surface area contributed by atoms with Crippen molar-refractivity contribution in [1.29, 1.82) is 0 Å². The highest BCUT2D eigenvalue weighted by Crippen LogP contribution is 2.32. The number of nitrogens with one attached hydrogen (secondary N) is 2. The summed E-state index contributed by atoms with van der Waals surface area (Å²) in [4.78, 5) is 11.9. The fraction of sp³-hybridized carbons (Fsp3) is 0.222. The van der Waals surface area contributed by atoms with E-state index in [-0.39, 0.29) is 11.8 Å². The number of anilines is 1. The third-order valence-corrected chi connectivity index (χ3v) is 4.85. The number of carbonyl (C=O) groups excluding carboxylic acids is 1. The van der Waals surface area contributed by atoms with Crippen molar-refractivity contribution in [3.8, 4) is 5.75 Å². The van der Waals surface area contributed by atoms with Crippen LogP contribution in [-0.4, -0.2) is 16.1 Å². The van der Waals surface area contributed by atoms with Crippen molar-refractivity contribution in [2.75, 3.05) is 5.32 Å². The summed E-state index contributed by atoms with van der Waals surface area (Å²) in [5.74, 6) is 1.43. The lowest BCUT2D eigenvalue weighted by atomic mass is 10.2. The van der Waals surface area contributed by atoms with Crippen LogP contribution in [0.3, 0.4) is 0 Å². The predicted octanol–water partition coefficient (Wildman–Crippen LogP) is 4.80. The molecule has 5 nitrogen and oxygen atoms in total. The molecule has 1 aromatic heterocycles. The van der Waals surface area contributed by atoms with Gasteiger partial charge in [0.2, 0.25) is 5.91 Å². The number of benzene rings is 2. The van der Waals surface area contributed by atoms with E-state index in [2.05, 4.69) is 15.5 Å². The van der Waals surface area contributed by atoms with E-state index in [4.69, 9.17) is 27.9 Å². The van der Waals surface area contributed by atoms with Gasteiger partial charge in [0.15, 0.2) is 5.82 Å². The van der Waals surface area contributed by atoms with Crippen molar-refractivity contribution in [3.63, 3.8) is 0 Å². The predicted molar refractivity (Wildman–Crippen MR) is 98.2 cm³/mol. The van der Waals surface area contributed by atoms with Gasteiger partial charge < -0.3 is 10.1 Å². The van der Waals surface area contributed by atoms with Crippen LogP contribution in [0.2, 0.25) is 10.0 Å². The first kappa shape index (κ1) is 16.2. The largest absolute Gasteiger partial charge is 0.489 e. The molecule has 1 saturated carbocycles. The molecule has 0 unspecified atom stereocenters. The Morgan fingerprint density at radius 1 is 1.20 bits per heavy atom. The number of amides is 1. The molecular weight excluding hydrogens is 361 g/mol. The number of fused-ring (bicyclic) bond motifs is 1. The molecule has 0 aliphatic heterocycles. The lowest BCUT2D eigenvalue weighted by Gasteiger charge is -2.07. The summed E-state index contributed by atoms with van der Waals surface area (Å²) < 4.78 is 5.80. The molecule has 4 rings (SSSR count). The molecule has 1 heterocycles. The summed E-state index contributed by atoms with van der Waals surface area (Å²) in [6.45, 7) is 0.377. The fourth-order valence-corrected chi connectivity index (χ4v) is 2.86. The molecule has 1 fully saturated rings. The number of rotatable bonds is 5. The molecule has 3 aromatic rings. The molecule has 2 aromatic carbocycles. The van der Waals surface area contributed by atoms with Crippen LogP contribution in [0.25, 0.3) is 10.9 Å². The highest BCUT2D eigenvalue weighted by atomic mass is 35.5. The third kappa shape index (κ3) is 3.57. The second-order valence-corrected chi connectivity index (χ2v) is 6.89. The molecule has 7 heteroatoms. The molecule has 1 amide bonds. The van der Waals surface area contributed by atoms with E-state index in [0.717, 1.165) is 29.3 Å². The number of hydrogen-bond acceptors (Lipinski definition) is 3. The van der Waals surface area contributed by atoms with Crippen LogP contribution in [0, 0.1) is 5.92 Å². The fourth-order valence-electron chi connectivity index (χ4n) is 2.54. The van der Waals surface area contributed by atoms with Gasteiger partial charge in [-0.15, -0.1) is 0 Å². The molecule has 25 heavy (non-hydrogen) atoms. The number of aromatic nitrogens is 2.